The summed E-state index contributed by atoms with van der Waals surface area (Å²) in [5.74, 6) is 0.244. The molecule has 3 rings (SSSR count). The van der Waals surface area contributed by atoms with Gasteiger partial charge in [0.15, 0.2) is 0 Å². The highest BCUT2D eigenvalue weighted by atomic mass is 16.3. The van der Waals surface area contributed by atoms with Gasteiger partial charge in [0, 0.05) is 13.1 Å². The molecule has 0 bridgehead atoms. The zero-order valence-corrected chi connectivity index (χ0v) is 12.6. The van der Waals surface area contributed by atoms with E-state index < -0.39 is 6.04 Å². The topological polar surface area (TPSA) is 69.6 Å². The molecule has 1 aliphatic carbocycles. The number of hydrogen-bond donors (Lipinski definition) is 2. The fourth-order valence-electron chi connectivity index (χ4n) is 3.15. The first-order valence-corrected chi connectivity index (χ1v) is 8.03. The van der Waals surface area contributed by atoms with Crippen molar-refractivity contribution in [2.45, 2.75) is 38.1 Å². The molecular formula is C17H22N2O3. The molecule has 1 saturated carbocycles. The SMILES string of the molecule is O=C(NCC1CCC1)[C@@H]1CCCN1C(=O)c1ccccc1O. The van der Waals surface area contributed by atoms with Crippen LogP contribution >= 0.6 is 0 Å². The maximum atomic E-state index is 12.6. The molecule has 118 valence electrons. The summed E-state index contributed by atoms with van der Waals surface area (Å²) in [6, 6.07) is 6.08. The lowest BCUT2D eigenvalue weighted by Gasteiger charge is -2.28. The molecule has 1 atom stereocenters. The van der Waals surface area contributed by atoms with Crippen molar-refractivity contribution >= 4 is 11.8 Å². The van der Waals surface area contributed by atoms with Crippen molar-refractivity contribution in [3.05, 3.63) is 29.8 Å². The molecule has 2 fully saturated rings. The largest absolute Gasteiger partial charge is 0.507 e. The van der Waals surface area contributed by atoms with Gasteiger partial charge in [0.25, 0.3) is 5.91 Å². The molecular weight excluding hydrogens is 280 g/mol. The summed E-state index contributed by atoms with van der Waals surface area (Å²) in [6.45, 7) is 1.28. The first kappa shape index (κ1) is 14.9. The molecule has 5 nitrogen and oxygen atoms in total. The van der Waals surface area contributed by atoms with E-state index in [0.717, 1.165) is 6.42 Å². The molecule has 0 unspecified atom stereocenters. The number of carbonyl (C=O) groups excluding carboxylic acids is 2. The Balaban J connectivity index is 1.65. The Morgan fingerprint density at radius 1 is 1.18 bits per heavy atom. The van der Waals surface area contributed by atoms with Crippen LogP contribution in [-0.2, 0) is 4.79 Å². The molecule has 1 aromatic carbocycles. The van der Waals surface area contributed by atoms with Crippen LogP contribution in [0.15, 0.2) is 24.3 Å². The smallest absolute Gasteiger partial charge is 0.258 e. The van der Waals surface area contributed by atoms with Crippen molar-refractivity contribution in [2.75, 3.05) is 13.1 Å². The zero-order chi connectivity index (χ0) is 15.5. The van der Waals surface area contributed by atoms with Crippen molar-refractivity contribution in [1.82, 2.24) is 10.2 Å². The van der Waals surface area contributed by atoms with Crippen LogP contribution in [0.4, 0.5) is 0 Å². The number of rotatable bonds is 4. The van der Waals surface area contributed by atoms with Crippen molar-refractivity contribution in [2.24, 2.45) is 5.92 Å². The summed E-state index contributed by atoms with van der Waals surface area (Å²) in [4.78, 5) is 26.5. The van der Waals surface area contributed by atoms with Gasteiger partial charge in [0.05, 0.1) is 5.56 Å². The van der Waals surface area contributed by atoms with Crippen LogP contribution in [0.3, 0.4) is 0 Å². The molecule has 0 spiro atoms. The normalized spacial score (nSPS) is 21.5. The maximum absolute atomic E-state index is 12.6. The standard InChI is InChI=1S/C17H22N2O3/c20-15-9-2-1-7-13(15)17(22)19-10-4-8-14(19)16(21)18-11-12-5-3-6-12/h1-2,7,9,12,14,20H,3-6,8,10-11H2,(H,18,21)/t14-/m0/s1. The molecule has 2 aliphatic rings. The average molecular weight is 302 g/mol. The van der Waals surface area contributed by atoms with Gasteiger partial charge in [-0.3, -0.25) is 9.59 Å². The third-order valence-electron chi connectivity index (χ3n) is 4.74. The number of nitrogens with zero attached hydrogens (tertiary/aromatic N) is 1. The molecule has 1 aromatic rings. The summed E-state index contributed by atoms with van der Waals surface area (Å²) in [5, 5.41) is 12.8. The van der Waals surface area contributed by atoms with E-state index in [1.807, 2.05) is 0 Å². The summed E-state index contributed by atoms with van der Waals surface area (Å²) in [7, 11) is 0. The van der Waals surface area contributed by atoms with Crippen molar-refractivity contribution < 1.29 is 14.7 Å². The van der Waals surface area contributed by atoms with E-state index in [1.54, 1.807) is 23.1 Å². The number of carbonyl (C=O) groups is 2. The van der Waals surface area contributed by atoms with Gasteiger partial charge >= 0.3 is 0 Å². The Labute approximate surface area is 130 Å². The predicted molar refractivity (Wildman–Crippen MR) is 82.5 cm³/mol. The maximum Gasteiger partial charge on any atom is 0.258 e. The highest BCUT2D eigenvalue weighted by Gasteiger charge is 2.35. The minimum Gasteiger partial charge on any atom is -0.507 e. The first-order valence-electron chi connectivity index (χ1n) is 8.03. The molecule has 0 radical (unpaired) electrons. The molecule has 1 aliphatic heterocycles. The number of para-hydroxylation sites is 1. The van der Waals surface area contributed by atoms with E-state index in [2.05, 4.69) is 5.32 Å². The molecule has 0 aromatic heterocycles. The van der Waals surface area contributed by atoms with E-state index in [1.165, 1.54) is 25.3 Å². The Kier molecular flexibility index (Phi) is 4.32. The number of phenols is 1. The number of benzene rings is 1. The molecule has 5 heteroatoms. The second kappa shape index (κ2) is 6.38. The number of nitrogens with one attached hydrogen (secondary N) is 1. The van der Waals surface area contributed by atoms with Crippen LogP contribution in [0.1, 0.15) is 42.5 Å². The Bertz CT molecular complexity index is 569. The van der Waals surface area contributed by atoms with Crippen LogP contribution in [0.5, 0.6) is 5.75 Å². The molecule has 2 amide bonds. The fraction of sp³-hybridized carbons (Fsp3) is 0.529. The van der Waals surface area contributed by atoms with Crippen LogP contribution in [-0.4, -0.2) is 41.0 Å². The van der Waals surface area contributed by atoms with Crippen molar-refractivity contribution in [3.8, 4) is 5.75 Å². The van der Waals surface area contributed by atoms with Crippen LogP contribution in [0.25, 0.3) is 0 Å². The lowest BCUT2D eigenvalue weighted by molar-refractivity contribution is -0.125. The lowest BCUT2D eigenvalue weighted by Crippen LogP contribution is -2.47. The highest BCUT2D eigenvalue weighted by Crippen LogP contribution is 2.26. The average Bonchev–Trinajstić information content (AvgIpc) is 2.94. The number of phenolic OH excluding ortho intramolecular Hbond substituents is 1. The summed E-state index contributed by atoms with van der Waals surface area (Å²) < 4.78 is 0. The third-order valence-corrected chi connectivity index (χ3v) is 4.74. The summed E-state index contributed by atoms with van der Waals surface area (Å²) >= 11 is 0. The monoisotopic (exact) mass is 302 g/mol. The number of amides is 2. The summed E-state index contributed by atoms with van der Waals surface area (Å²) in [5.41, 5.74) is 0.265. The minimum atomic E-state index is -0.410. The van der Waals surface area contributed by atoms with Crippen LogP contribution in [0, 0.1) is 5.92 Å². The Hall–Kier alpha value is -2.04. The second-order valence-electron chi connectivity index (χ2n) is 6.22. The van der Waals surface area contributed by atoms with Crippen molar-refractivity contribution in [3.63, 3.8) is 0 Å². The lowest BCUT2D eigenvalue weighted by atomic mass is 9.85. The molecule has 1 heterocycles. The van der Waals surface area contributed by atoms with Crippen LogP contribution in [0.2, 0.25) is 0 Å². The van der Waals surface area contributed by atoms with E-state index >= 15 is 0 Å². The van der Waals surface area contributed by atoms with Crippen LogP contribution < -0.4 is 5.32 Å². The van der Waals surface area contributed by atoms with Gasteiger partial charge in [-0.15, -0.1) is 0 Å². The predicted octanol–water partition coefficient (Wildman–Crippen LogP) is 1.91. The van der Waals surface area contributed by atoms with Gasteiger partial charge in [0.2, 0.25) is 5.91 Å². The molecule has 2 N–H and O–H groups in total. The molecule has 22 heavy (non-hydrogen) atoms. The van der Waals surface area contributed by atoms with Gasteiger partial charge in [-0.25, -0.2) is 0 Å². The van der Waals surface area contributed by atoms with Gasteiger partial charge in [-0.05, 0) is 43.7 Å². The van der Waals surface area contributed by atoms with Crippen molar-refractivity contribution in [1.29, 1.82) is 0 Å². The Morgan fingerprint density at radius 2 is 1.95 bits per heavy atom. The second-order valence-corrected chi connectivity index (χ2v) is 6.22. The Morgan fingerprint density at radius 3 is 2.64 bits per heavy atom. The van der Waals surface area contributed by atoms with E-state index in [-0.39, 0.29) is 23.1 Å². The van der Waals surface area contributed by atoms with Gasteiger partial charge in [0.1, 0.15) is 11.8 Å². The number of likely N-dealkylation sites (tertiary alicyclic amines) is 1. The zero-order valence-electron chi connectivity index (χ0n) is 12.6. The fourth-order valence-corrected chi connectivity index (χ4v) is 3.15. The number of hydrogen-bond acceptors (Lipinski definition) is 3. The van der Waals surface area contributed by atoms with E-state index in [9.17, 15) is 14.7 Å². The summed E-state index contributed by atoms with van der Waals surface area (Å²) in [6.07, 6.45) is 5.13. The minimum absolute atomic E-state index is 0.0342. The quantitative estimate of drug-likeness (QED) is 0.892. The third kappa shape index (κ3) is 2.93. The van der Waals surface area contributed by atoms with Gasteiger partial charge in [-0.2, -0.15) is 0 Å². The highest BCUT2D eigenvalue weighted by molar-refractivity contribution is 5.99. The van der Waals surface area contributed by atoms with E-state index in [4.69, 9.17) is 0 Å². The molecule has 1 saturated heterocycles. The van der Waals surface area contributed by atoms with E-state index in [0.29, 0.717) is 25.4 Å². The van der Waals surface area contributed by atoms with Gasteiger partial charge in [-0.1, -0.05) is 18.6 Å². The van der Waals surface area contributed by atoms with Gasteiger partial charge < -0.3 is 15.3 Å². The number of aromatic hydroxyl groups is 1. The first-order chi connectivity index (χ1) is 10.7.